The third-order valence-corrected chi connectivity index (χ3v) is 5.50. The molecule has 1 fully saturated rings. The van der Waals surface area contributed by atoms with Crippen molar-refractivity contribution in [1.29, 1.82) is 0 Å². The summed E-state index contributed by atoms with van der Waals surface area (Å²) in [5, 5.41) is 2.91. The van der Waals surface area contributed by atoms with Crippen LogP contribution in [0.3, 0.4) is 0 Å². The van der Waals surface area contributed by atoms with E-state index in [0.717, 1.165) is 49.4 Å². The summed E-state index contributed by atoms with van der Waals surface area (Å²) in [5.41, 5.74) is 2.02. The second-order valence-corrected chi connectivity index (χ2v) is 8.10. The third-order valence-electron chi connectivity index (χ3n) is 5.50. The van der Waals surface area contributed by atoms with E-state index in [2.05, 4.69) is 44.7 Å². The van der Waals surface area contributed by atoms with E-state index in [4.69, 9.17) is 4.74 Å². The molecule has 4 rings (SSSR count). The van der Waals surface area contributed by atoms with E-state index in [0.29, 0.717) is 12.5 Å². The number of nitrogens with one attached hydrogen (secondary N) is 1. The fraction of sp³-hybridized carbons (Fsp3) is 0.500. The van der Waals surface area contributed by atoms with Gasteiger partial charge in [0.2, 0.25) is 11.9 Å². The molecule has 2 aliphatic rings. The van der Waals surface area contributed by atoms with Gasteiger partial charge >= 0.3 is 0 Å². The van der Waals surface area contributed by atoms with Gasteiger partial charge < -0.3 is 14.2 Å². The van der Waals surface area contributed by atoms with Gasteiger partial charge in [-0.25, -0.2) is 9.98 Å². The number of rotatable bonds is 9. The molecule has 1 N–H and O–H groups in total. The monoisotopic (exact) mass is 395 g/mol. The van der Waals surface area contributed by atoms with Crippen LogP contribution in [-0.4, -0.2) is 39.0 Å². The van der Waals surface area contributed by atoms with Crippen LogP contribution in [0.15, 0.2) is 41.9 Å². The topological polar surface area (TPSA) is 71.7 Å². The zero-order valence-corrected chi connectivity index (χ0v) is 17.2. The van der Waals surface area contributed by atoms with Crippen LogP contribution >= 0.6 is 0 Å². The van der Waals surface area contributed by atoms with Crippen molar-refractivity contribution in [3.8, 4) is 5.75 Å². The van der Waals surface area contributed by atoms with Crippen LogP contribution in [0.2, 0.25) is 0 Å². The van der Waals surface area contributed by atoms with E-state index in [1.165, 1.54) is 6.42 Å². The molecule has 154 valence electrons. The Morgan fingerprint density at radius 1 is 1.24 bits per heavy atom. The number of guanidine groups is 1. The lowest BCUT2D eigenvalue weighted by Crippen LogP contribution is -2.39. The van der Waals surface area contributed by atoms with Crippen molar-refractivity contribution in [2.45, 2.75) is 58.7 Å². The van der Waals surface area contributed by atoms with Crippen molar-refractivity contribution in [2.24, 2.45) is 10.9 Å². The van der Waals surface area contributed by atoms with Crippen LogP contribution in [0.4, 0.5) is 5.69 Å². The number of nitrogens with zero attached hydrogens (tertiary/aromatic N) is 4. The second-order valence-electron chi connectivity index (χ2n) is 8.10. The predicted molar refractivity (Wildman–Crippen MR) is 112 cm³/mol. The first-order valence-corrected chi connectivity index (χ1v) is 10.5. The van der Waals surface area contributed by atoms with Gasteiger partial charge in [-0.05, 0) is 37.0 Å². The molecule has 0 radical (unpaired) electrons. The van der Waals surface area contributed by atoms with Crippen LogP contribution in [-0.2, 0) is 17.9 Å². The molecule has 0 aliphatic carbocycles. The van der Waals surface area contributed by atoms with E-state index in [9.17, 15) is 4.79 Å². The van der Waals surface area contributed by atoms with Crippen molar-refractivity contribution in [3.05, 3.63) is 42.5 Å². The van der Waals surface area contributed by atoms with Crippen LogP contribution in [0.25, 0.3) is 0 Å². The summed E-state index contributed by atoms with van der Waals surface area (Å²) in [6.45, 7) is 6.56. The number of aromatic nitrogens is 2. The normalized spacial score (nSPS) is 17.8. The number of amides is 1. The highest BCUT2D eigenvalue weighted by molar-refractivity contribution is 6.07. The minimum atomic E-state index is -0.159. The highest BCUT2D eigenvalue weighted by Gasteiger charge is 2.40. The van der Waals surface area contributed by atoms with Gasteiger partial charge in [0.25, 0.3) is 0 Å². The highest BCUT2D eigenvalue weighted by atomic mass is 16.5. The van der Waals surface area contributed by atoms with Crippen molar-refractivity contribution < 1.29 is 9.53 Å². The summed E-state index contributed by atoms with van der Waals surface area (Å²) in [6.07, 6.45) is 10.2. The number of hydrogen-bond donors (Lipinski definition) is 1. The summed E-state index contributed by atoms with van der Waals surface area (Å²) in [7, 11) is 0. The number of ether oxygens (including phenoxy) is 1. The van der Waals surface area contributed by atoms with Crippen LogP contribution in [0.1, 0.15) is 45.1 Å². The Hall–Kier alpha value is -2.83. The van der Waals surface area contributed by atoms with E-state index in [1.54, 1.807) is 0 Å². The molecule has 1 atom stereocenters. The Labute approximate surface area is 171 Å². The molecule has 3 heterocycles. The molecule has 7 heteroatoms. The SMILES string of the molecule is CC(C)C1C(=O)NC2=Nc3ccc(OCCCCCCn4ccnc4)cc3CN21. The average Bonchev–Trinajstić information content (AvgIpc) is 3.31. The molecular formula is C22H29N5O2. The number of imidazole rings is 1. The van der Waals surface area contributed by atoms with Crippen LogP contribution < -0.4 is 10.1 Å². The lowest BCUT2D eigenvalue weighted by molar-refractivity contribution is -0.122. The predicted octanol–water partition coefficient (Wildman–Crippen LogP) is 3.48. The van der Waals surface area contributed by atoms with Crippen molar-refractivity contribution in [3.63, 3.8) is 0 Å². The summed E-state index contributed by atoms with van der Waals surface area (Å²) in [5.74, 6) is 1.82. The standard InChI is InChI=1S/C22H29N5O2/c1-16(2)20-21(28)25-22-24-19-8-7-18(13-17(19)14-27(20)22)29-12-6-4-3-5-10-26-11-9-23-15-26/h7-9,11,13,15-16,20H,3-6,10,12,14H2,1-2H3,(H,24,25,28). The zero-order chi connectivity index (χ0) is 20.2. The number of carbonyl (C=O) groups excluding carboxylic acids is 1. The highest BCUT2D eigenvalue weighted by Crippen LogP contribution is 2.33. The summed E-state index contributed by atoms with van der Waals surface area (Å²) >= 11 is 0. The molecule has 2 aliphatic heterocycles. The molecule has 7 nitrogen and oxygen atoms in total. The van der Waals surface area contributed by atoms with Gasteiger partial charge in [-0.2, -0.15) is 0 Å². The van der Waals surface area contributed by atoms with Gasteiger partial charge in [0.05, 0.1) is 18.6 Å². The molecule has 2 aromatic rings. The number of hydrogen-bond acceptors (Lipinski definition) is 5. The number of benzene rings is 1. The smallest absolute Gasteiger partial charge is 0.249 e. The zero-order valence-electron chi connectivity index (χ0n) is 17.2. The van der Waals surface area contributed by atoms with Gasteiger partial charge in [0.15, 0.2) is 0 Å². The van der Waals surface area contributed by atoms with E-state index in [-0.39, 0.29) is 17.9 Å². The van der Waals surface area contributed by atoms with E-state index < -0.39 is 0 Å². The molecule has 1 amide bonds. The second kappa shape index (κ2) is 8.68. The number of fused-ring (bicyclic) bond motifs is 2. The molecular weight excluding hydrogens is 366 g/mol. The molecule has 1 aromatic heterocycles. The fourth-order valence-electron chi connectivity index (χ4n) is 4.00. The van der Waals surface area contributed by atoms with E-state index >= 15 is 0 Å². The maximum absolute atomic E-state index is 12.3. The minimum absolute atomic E-state index is 0.0380. The van der Waals surface area contributed by atoms with Crippen LogP contribution in [0, 0.1) is 5.92 Å². The summed E-state index contributed by atoms with van der Waals surface area (Å²) in [6, 6.07) is 5.85. The average molecular weight is 396 g/mol. The Bertz CT molecular complexity index is 875. The maximum Gasteiger partial charge on any atom is 0.249 e. The molecule has 29 heavy (non-hydrogen) atoms. The first-order valence-electron chi connectivity index (χ1n) is 10.5. The van der Waals surface area contributed by atoms with Crippen molar-refractivity contribution >= 4 is 17.6 Å². The Morgan fingerprint density at radius 3 is 2.90 bits per heavy atom. The van der Waals surface area contributed by atoms with Crippen molar-refractivity contribution in [1.82, 2.24) is 19.8 Å². The molecule has 0 bridgehead atoms. The number of carbonyl (C=O) groups is 1. The van der Waals surface area contributed by atoms with Gasteiger partial charge in [-0.15, -0.1) is 0 Å². The quantitative estimate of drug-likeness (QED) is 0.660. The Kier molecular flexibility index (Phi) is 5.83. The number of unbranched alkanes of at least 4 members (excludes halogenated alkanes) is 3. The molecule has 0 spiro atoms. The Balaban J connectivity index is 1.25. The van der Waals surface area contributed by atoms with Gasteiger partial charge in [-0.1, -0.05) is 26.7 Å². The molecule has 1 saturated heterocycles. The molecule has 1 unspecified atom stereocenters. The Morgan fingerprint density at radius 2 is 2.10 bits per heavy atom. The lowest BCUT2D eigenvalue weighted by Gasteiger charge is -2.29. The van der Waals surface area contributed by atoms with Gasteiger partial charge in [0, 0.05) is 31.0 Å². The third kappa shape index (κ3) is 4.44. The number of aliphatic imine (C=N–C) groups is 1. The maximum atomic E-state index is 12.3. The van der Waals surface area contributed by atoms with E-state index in [1.807, 2.05) is 30.9 Å². The van der Waals surface area contributed by atoms with Crippen LogP contribution in [0.5, 0.6) is 5.75 Å². The first-order chi connectivity index (χ1) is 14.1. The summed E-state index contributed by atoms with van der Waals surface area (Å²) < 4.78 is 8.08. The van der Waals surface area contributed by atoms with Crippen molar-refractivity contribution in [2.75, 3.05) is 6.61 Å². The first kappa shape index (κ1) is 19.5. The van der Waals surface area contributed by atoms with Gasteiger partial charge in [-0.3, -0.25) is 10.1 Å². The molecule has 0 saturated carbocycles. The largest absolute Gasteiger partial charge is 0.494 e. The minimum Gasteiger partial charge on any atom is -0.494 e. The van der Waals surface area contributed by atoms with Gasteiger partial charge in [0.1, 0.15) is 11.8 Å². The fourth-order valence-corrected chi connectivity index (χ4v) is 4.00. The summed E-state index contributed by atoms with van der Waals surface area (Å²) in [4.78, 5) is 23.0. The molecule has 1 aromatic carbocycles. The lowest BCUT2D eigenvalue weighted by atomic mass is 10.0. The number of aryl methyl sites for hydroxylation is 1.